The number of rotatable bonds is 6. The third-order valence-corrected chi connectivity index (χ3v) is 3.38. The van der Waals surface area contributed by atoms with Crippen molar-refractivity contribution < 1.29 is 19.1 Å². The molecule has 0 saturated carbocycles. The van der Waals surface area contributed by atoms with Crippen molar-refractivity contribution in [3.63, 3.8) is 0 Å². The monoisotopic (exact) mass is 341 g/mol. The van der Waals surface area contributed by atoms with Gasteiger partial charge >= 0.3 is 5.97 Å². The number of hydrogen-bond acceptors (Lipinski definition) is 5. The lowest BCUT2D eigenvalue weighted by Crippen LogP contribution is -2.27. The molecule has 130 valence electrons. The summed E-state index contributed by atoms with van der Waals surface area (Å²) in [4.78, 5) is 39.2. The maximum absolute atomic E-state index is 12.0. The van der Waals surface area contributed by atoms with Crippen molar-refractivity contribution in [3.8, 4) is 0 Å². The predicted molar refractivity (Wildman–Crippen MR) is 92.3 cm³/mol. The van der Waals surface area contributed by atoms with Crippen molar-refractivity contribution in [2.24, 2.45) is 0 Å². The van der Waals surface area contributed by atoms with Crippen LogP contribution in [-0.2, 0) is 9.53 Å². The number of pyridine rings is 1. The van der Waals surface area contributed by atoms with Crippen molar-refractivity contribution in [1.29, 1.82) is 0 Å². The van der Waals surface area contributed by atoms with Gasteiger partial charge in [0.15, 0.2) is 0 Å². The Morgan fingerprint density at radius 3 is 2.32 bits per heavy atom. The molecule has 1 aromatic heterocycles. The second kappa shape index (κ2) is 8.58. The SMILES string of the molecule is COC(=O)c1ccc(C(=O)NCCC(=O)Nc2ccc(C)cn2)cc1. The van der Waals surface area contributed by atoms with Crippen molar-refractivity contribution in [3.05, 3.63) is 59.3 Å². The molecule has 2 aromatic rings. The van der Waals surface area contributed by atoms with Gasteiger partial charge in [-0.25, -0.2) is 9.78 Å². The standard InChI is InChI=1S/C18H19N3O4/c1-12-3-8-15(20-11-12)21-16(22)9-10-19-17(23)13-4-6-14(7-5-13)18(24)25-2/h3-8,11H,9-10H2,1-2H3,(H,19,23)(H,20,21,22). The first-order chi connectivity index (χ1) is 12.0. The number of benzene rings is 1. The van der Waals surface area contributed by atoms with E-state index >= 15 is 0 Å². The van der Waals surface area contributed by atoms with Crippen molar-refractivity contribution >= 4 is 23.6 Å². The van der Waals surface area contributed by atoms with Gasteiger partial charge in [0.25, 0.3) is 5.91 Å². The largest absolute Gasteiger partial charge is 0.465 e. The Labute approximate surface area is 145 Å². The highest BCUT2D eigenvalue weighted by molar-refractivity contribution is 5.96. The lowest BCUT2D eigenvalue weighted by molar-refractivity contribution is -0.116. The molecule has 25 heavy (non-hydrogen) atoms. The first-order valence-electron chi connectivity index (χ1n) is 7.68. The third kappa shape index (κ3) is 5.42. The van der Waals surface area contributed by atoms with E-state index in [0.717, 1.165) is 5.56 Å². The molecule has 0 saturated heterocycles. The Kier molecular flexibility index (Phi) is 6.22. The topological polar surface area (TPSA) is 97.4 Å². The van der Waals surface area contributed by atoms with Crippen LogP contribution in [0.15, 0.2) is 42.6 Å². The van der Waals surface area contributed by atoms with Crippen LogP contribution in [0.2, 0.25) is 0 Å². The van der Waals surface area contributed by atoms with Crippen LogP contribution in [0.3, 0.4) is 0 Å². The first kappa shape index (κ1) is 18.1. The molecule has 1 heterocycles. The fourth-order valence-electron chi connectivity index (χ4n) is 2.01. The molecule has 0 aliphatic rings. The van der Waals surface area contributed by atoms with E-state index < -0.39 is 5.97 Å². The minimum absolute atomic E-state index is 0.127. The Morgan fingerprint density at radius 2 is 1.72 bits per heavy atom. The van der Waals surface area contributed by atoms with Gasteiger partial charge in [0.2, 0.25) is 5.91 Å². The molecule has 0 aliphatic heterocycles. The summed E-state index contributed by atoms with van der Waals surface area (Å²) in [5.41, 5.74) is 1.76. The molecule has 2 rings (SSSR count). The molecule has 0 bridgehead atoms. The summed E-state index contributed by atoms with van der Waals surface area (Å²) in [6.45, 7) is 2.10. The Balaban J connectivity index is 1.78. The van der Waals surface area contributed by atoms with Gasteiger partial charge in [0.05, 0.1) is 12.7 Å². The predicted octanol–water partition coefficient (Wildman–Crippen LogP) is 1.94. The number of anilines is 1. The number of amides is 2. The summed E-state index contributed by atoms with van der Waals surface area (Å²) in [7, 11) is 1.29. The van der Waals surface area contributed by atoms with E-state index in [1.165, 1.54) is 31.4 Å². The molecule has 7 nitrogen and oxygen atoms in total. The van der Waals surface area contributed by atoms with E-state index in [1.807, 2.05) is 13.0 Å². The average Bonchev–Trinajstić information content (AvgIpc) is 2.63. The average molecular weight is 341 g/mol. The maximum Gasteiger partial charge on any atom is 0.337 e. The number of nitrogens with zero attached hydrogens (tertiary/aromatic N) is 1. The third-order valence-electron chi connectivity index (χ3n) is 3.38. The fourth-order valence-corrected chi connectivity index (χ4v) is 2.01. The summed E-state index contributed by atoms with van der Waals surface area (Å²) in [5, 5.41) is 5.31. The molecule has 0 unspecified atom stereocenters. The molecule has 0 fully saturated rings. The summed E-state index contributed by atoms with van der Waals surface area (Å²) in [6.07, 6.45) is 1.79. The summed E-state index contributed by atoms with van der Waals surface area (Å²) in [6, 6.07) is 9.64. The highest BCUT2D eigenvalue weighted by Gasteiger charge is 2.09. The van der Waals surface area contributed by atoms with Crippen molar-refractivity contribution in [2.75, 3.05) is 19.0 Å². The molecule has 7 heteroatoms. The number of esters is 1. The number of carbonyl (C=O) groups excluding carboxylic acids is 3. The smallest absolute Gasteiger partial charge is 0.337 e. The van der Waals surface area contributed by atoms with Gasteiger partial charge in [-0.15, -0.1) is 0 Å². The lowest BCUT2D eigenvalue weighted by atomic mass is 10.1. The zero-order valence-corrected chi connectivity index (χ0v) is 14.0. The van der Waals surface area contributed by atoms with Gasteiger partial charge in [-0.1, -0.05) is 6.07 Å². The highest BCUT2D eigenvalue weighted by atomic mass is 16.5. The van der Waals surface area contributed by atoms with E-state index in [2.05, 4.69) is 20.4 Å². The van der Waals surface area contributed by atoms with Crippen LogP contribution in [0.4, 0.5) is 5.82 Å². The van der Waals surface area contributed by atoms with Crippen LogP contribution in [-0.4, -0.2) is 36.4 Å². The number of nitrogens with one attached hydrogen (secondary N) is 2. The van der Waals surface area contributed by atoms with Gasteiger partial charge in [0, 0.05) is 24.7 Å². The normalized spacial score (nSPS) is 10.0. The molecule has 1 aromatic carbocycles. The quantitative estimate of drug-likeness (QED) is 0.783. The molecule has 2 N–H and O–H groups in total. The summed E-state index contributed by atoms with van der Waals surface area (Å²) in [5.74, 6) is -0.552. The number of aromatic nitrogens is 1. The van der Waals surface area contributed by atoms with E-state index in [4.69, 9.17) is 0 Å². The van der Waals surface area contributed by atoms with Gasteiger partial charge in [-0.2, -0.15) is 0 Å². The number of ether oxygens (including phenoxy) is 1. The van der Waals surface area contributed by atoms with E-state index in [-0.39, 0.29) is 24.8 Å². The minimum atomic E-state index is -0.464. The maximum atomic E-state index is 12.0. The second-order valence-electron chi connectivity index (χ2n) is 5.34. The van der Waals surface area contributed by atoms with Crippen LogP contribution in [0.1, 0.15) is 32.7 Å². The van der Waals surface area contributed by atoms with Crippen molar-refractivity contribution in [2.45, 2.75) is 13.3 Å². The molecule has 2 amide bonds. The fraction of sp³-hybridized carbons (Fsp3) is 0.222. The van der Waals surface area contributed by atoms with Crippen LogP contribution in [0, 0.1) is 6.92 Å². The molecule has 0 aliphatic carbocycles. The molecule has 0 spiro atoms. The van der Waals surface area contributed by atoms with Crippen LogP contribution >= 0.6 is 0 Å². The Morgan fingerprint density at radius 1 is 1.04 bits per heavy atom. The minimum Gasteiger partial charge on any atom is -0.465 e. The molecular weight excluding hydrogens is 322 g/mol. The van der Waals surface area contributed by atoms with Gasteiger partial charge in [0.1, 0.15) is 5.82 Å². The van der Waals surface area contributed by atoms with Gasteiger partial charge in [-0.05, 0) is 42.8 Å². The van der Waals surface area contributed by atoms with Gasteiger partial charge < -0.3 is 15.4 Å². The zero-order chi connectivity index (χ0) is 18.2. The van der Waals surface area contributed by atoms with E-state index in [9.17, 15) is 14.4 Å². The van der Waals surface area contributed by atoms with Crippen LogP contribution in [0.25, 0.3) is 0 Å². The summed E-state index contributed by atoms with van der Waals surface area (Å²) >= 11 is 0. The molecule has 0 radical (unpaired) electrons. The molecule has 0 atom stereocenters. The molecular formula is C18H19N3O4. The number of methoxy groups -OCH3 is 1. The van der Waals surface area contributed by atoms with Crippen molar-refractivity contribution in [1.82, 2.24) is 10.3 Å². The van der Waals surface area contributed by atoms with E-state index in [1.54, 1.807) is 12.3 Å². The Hall–Kier alpha value is -3.22. The van der Waals surface area contributed by atoms with Gasteiger partial charge in [-0.3, -0.25) is 9.59 Å². The van der Waals surface area contributed by atoms with Crippen LogP contribution < -0.4 is 10.6 Å². The Bertz CT molecular complexity index is 755. The number of aryl methyl sites for hydroxylation is 1. The summed E-state index contributed by atoms with van der Waals surface area (Å²) < 4.78 is 4.59. The number of carbonyl (C=O) groups is 3. The zero-order valence-electron chi connectivity index (χ0n) is 14.0. The van der Waals surface area contributed by atoms with E-state index in [0.29, 0.717) is 16.9 Å². The van der Waals surface area contributed by atoms with Crippen LogP contribution in [0.5, 0.6) is 0 Å². The lowest BCUT2D eigenvalue weighted by Gasteiger charge is -2.07. The second-order valence-corrected chi connectivity index (χ2v) is 5.34. The highest BCUT2D eigenvalue weighted by Crippen LogP contribution is 2.06. The first-order valence-corrected chi connectivity index (χ1v) is 7.68. The number of hydrogen-bond donors (Lipinski definition) is 2.